The van der Waals surface area contributed by atoms with Gasteiger partial charge in [-0.15, -0.1) is 0 Å². The van der Waals surface area contributed by atoms with Crippen LogP contribution in [0.25, 0.3) is 0 Å². The van der Waals surface area contributed by atoms with Gasteiger partial charge in [-0.1, -0.05) is 27.5 Å². The van der Waals surface area contributed by atoms with Crippen LogP contribution in [-0.4, -0.2) is 16.8 Å². The molecule has 2 rings (SSSR count). The van der Waals surface area contributed by atoms with E-state index in [1.807, 2.05) is 43.3 Å². The molecule has 0 spiro atoms. The van der Waals surface area contributed by atoms with Crippen LogP contribution in [-0.2, 0) is 13.5 Å². The summed E-state index contributed by atoms with van der Waals surface area (Å²) >= 11 is 9.56. The first-order chi connectivity index (χ1) is 8.58. The van der Waals surface area contributed by atoms with Gasteiger partial charge in [0.1, 0.15) is 0 Å². The molecule has 0 bridgehead atoms. The van der Waals surface area contributed by atoms with Crippen LogP contribution in [0.5, 0.6) is 0 Å². The van der Waals surface area contributed by atoms with Crippen molar-refractivity contribution in [2.75, 3.05) is 7.05 Å². The molecule has 96 valence electrons. The summed E-state index contributed by atoms with van der Waals surface area (Å²) in [6.07, 6.45) is 4.81. The van der Waals surface area contributed by atoms with E-state index in [9.17, 15) is 0 Å². The van der Waals surface area contributed by atoms with E-state index in [1.54, 1.807) is 0 Å². The molecule has 0 aliphatic heterocycles. The molecule has 1 atom stereocenters. The Labute approximate surface area is 120 Å². The predicted octanol–water partition coefficient (Wildman–Crippen LogP) is 3.34. The van der Waals surface area contributed by atoms with E-state index < -0.39 is 0 Å². The molecule has 0 saturated carbocycles. The van der Waals surface area contributed by atoms with Gasteiger partial charge in [0.05, 0.1) is 6.20 Å². The average Bonchev–Trinajstić information content (AvgIpc) is 2.70. The van der Waals surface area contributed by atoms with Crippen LogP contribution in [0.3, 0.4) is 0 Å². The zero-order valence-electron chi connectivity index (χ0n) is 10.3. The Kier molecular flexibility index (Phi) is 4.43. The molecule has 1 aromatic heterocycles. The van der Waals surface area contributed by atoms with Crippen molar-refractivity contribution < 1.29 is 0 Å². The third-order valence-corrected chi connectivity index (χ3v) is 3.51. The molecule has 1 aromatic carbocycles. The van der Waals surface area contributed by atoms with Gasteiger partial charge < -0.3 is 5.32 Å². The lowest BCUT2D eigenvalue weighted by atomic mass is 10.0. The molecule has 0 saturated heterocycles. The summed E-state index contributed by atoms with van der Waals surface area (Å²) < 4.78 is 2.81. The Morgan fingerprint density at radius 1 is 1.44 bits per heavy atom. The van der Waals surface area contributed by atoms with Crippen molar-refractivity contribution in [3.63, 3.8) is 0 Å². The van der Waals surface area contributed by atoms with Crippen LogP contribution in [0.1, 0.15) is 17.2 Å². The SMILES string of the molecule is CNC(Cc1cnn(C)c1)c1cc(Cl)cc(Br)c1. The number of nitrogens with zero attached hydrogens (tertiary/aromatic N) is 2. The standard InChI is InChI=1S/C13H15BrClN3/c1-16-13(3-9-7-17-18(2)8-9)10-4-11(14)6-12(15)5-10/h4-8,13,16H,3H2,1-2H3. The molecule has 1 unspecified atom stereocenters. The third-order valence-electron chi connectivity index (χ3n) is 2.83. The Bertz CT molecular complexity index is 519. The van der Waals surface area contributed by atoms with Gasteiger partial charge in [0.25, 0.3) is 0 Å². The second-order valence-corrected chi connectivity index (χ2v) is 5.62. The maximum atomic E-state index is 6.08. The fourth-order valence-electron chi connectivity index (χ4n) is 1.98. The van der Waals surface area contributed by atoms with E-state index in [0.29, 0.717) is 0 Å². The van der Waals surface area contributed by atoms with Gasteiger partial charge in [-0.2, -0.15) is 5.10 Å². The van der Waals surface area contributed by atoms with E-state index in [1.165, 1.54) is 11.1 Å². The third kappa shape index (κ3) is 3.34. The summed E-state index contributed by atoms with van der Waals surface area (Å²) in [6.45, 7) is 0. The number of benzene rings is 1. The van der Waals surface area contributed by atoms with Crippen molar-refractivity contribution >= 4 is 27.5 Å². The van der Waals surface area contributed by atoms with E-state index in [2.05, 4.69) is 32.4 Å². The molecule has 5 heteroatoms. The van der Waals surface area contributed by atoms with E-state index in [-0.39, 0.29) is 6.04 Å². The summed E-state index contributed by atoms with van der Waals surface area (Å²) in [5, 5.41) is 8.24. The highest BCUT2D eigenvalue weighted by molar-refractivity contribution is 9.10. The van der Waals surface area contributed by atoms with E-state index in [4.69, 9.17) is 11.6 Å². The summed E-state index contributed by atoms with van der Waals surface area (Å²) in [7, 11) is 3.88. The average molecular weight is 329 g/mol. The lowest BCUT2D eigenvalue weighted by Crippen LogP contribution is -2.18. The number of hydrogen-bond donors (Lipinski definition) is 1. The zero-order valence-corrected chi connectivity index (χ0v) is 12.7. The molecule has 0 aliphatic carbocycles. The second-order valence-electron chi connectivity index (χ2n) is 4.27. The van der Waals surface area contributed by atoms with Gasteiger partial charge in [-0.3, -0.25) is 4.68 Å². The molecule has 0 aliphatic rings. The van der Waals surface area contributed by atoms with Crippen molar-refractivity contribution in [1.82, 2.24) is 15.1 Å². The quantitative estimate of drug-likeness (QED) is 0.933. The molecule has 0 fully saturated rings. The fraction of sp³-hybridized carbons (Fsp3) is 0.308. The zero-order chi connectivity index (χ0) is 13.1. The largest absolute Gasteiger partial charge is 0.313 e. The Morgan fingerprint density at radius 2 is 2.22 bits per heavy atom. The molecular formula is C13H15BrClN3. The Morgan fingerprint density at radius 3 is 2.78 bits per heavy atom. The van der Waals surface area contributed by atoms with E-state index >= 15 is 0 Å². The monoisotopic (exact) mass is 327 g/mol. The van der Waals surface area contributed by atoms with Crippen molar-refractivity contribution in [1.29, 1.82) is 0 Å². The minimum absolute atomic E-state index is 0.226. The normalized spacial score (nSPS) is 12.7. The van der Waals surface area contributed by atoms with Crippen molar-refractivity contribution in [2.45, 2.75) is 12.5 Å². The van der Waals surface area contributed by atoms with Gasteiger partial charge in [-0.05, 0) is 42.8 Å². The molecular weight excluding hydrogens is 314 g/mol. The molecule has 0 radical (unpaired) electrons. The van der Waals surface area contributed by atoms with Crippen LogP contribution >= 0.6 is 27.5 Å². The van der Waals surface area contributed by atoms with Gasteiger partial charge in [0, 0.05) is 28.8 Å². The van der Waals surface area contributed by atoms with Gasteiger partial charge in [0.2, 0.25) is 0 Å². The lowest BCUT2D eigenvalue weighted by molar-refractivity contribution is 0.591. The maximum Gasteiger partial charge on any atom is 0.0522 e. The Hall–Kier alpha value is -0.840. The maximum absolute atomic E-state index is 6.08. The molecule has 3 nitrogen and oxygen atoms in total. The molecule has 18 heavy (non-hydrogen) atoms. The van der Waals surface area contributed by atoms with Crippen LogP contribution in [0.2, 0.25) is 5.02 Å². The van der Waals surface area contributed by atoms with Gasteiger partial charge in [0.15, 0.2) is 0 Å². The first-order valence-corrected chi connectivity index (χ1v) is 6.86. The number of nitrogens with one attached hydrogen (secondary N) is 1. The second kappa shape index (κ2) is 5.87. The number of aromatic nitrogens is 2. The van der Waals surface area contributed by atoms with Crippen molar-refractivity contribution in [3.05, 3.63) is 51.2 Å². The van der Waals surface area contributed by atoms with Crippen molar-refractivity contribution in [2.24, 2.45) is 7.05 Å². The highest BCUT2D eigenvalue weighted by Gasteiger charge is 2.12. The van der Waals surface area contributed by atoms with Gasteiger partial charge >= 0.3 is 0 Å². The minimum Gasteiger partial charge on any atom is -0.313 e. The highest BCUT2D eigenvalue weighted by Crippen LogP contribution is 2.25. The number of hydrogen-bond acceptors (Lipinski definition) is 2. The summed E-state index contributed by atoms with van der Waals surface area (Å²) in [5.74, 6) is 0. The van der Waals surface area contributed by atoms with Crippen LogP contribution in [0.15, 0.2) is 35.1 Å². The smallest absolute Gasteiger partial charge is 0.0522 e. The summed E-state index contributed by atoms with van der Waals surface area (Å²) in [5.41, 5.74) is 2.37. The van der Waals surface area contributed by atoms with Crippen LogP contribution in [0, 0.1) is 0 Å². The number of halogens is 2. The van der Waals surface area contributed by atoms with Crippen molar-refractivity contribution in [3.8, 4) is 0 Å². The van der Waals surface area contributed by atoms with Crippen LogP contribution < -0.4 is 5.32 Å². The minimum atomic E-state index is 0.226. The molecule has 1 heterocycles. The lowest BCUT2D eigenvalue weighted by Gasteiger charge is -2.16. The van der Waals surface area contributed by atoms with E-state index in [0.717, 1.165) is 15.9 Å². The Balaban J connectivity index is 2.22. The van der Waals surface area contributed by atoms with Crippen LogP contribution in [0.4, 0.5) is 0 Å². The molecule has 0 amide bonds. The highest BCUT2D eigenvalue weighted by atomic mass is 79.9. The number of likely N-dealkylation sites (N-methyl/N-ethyl adjacent to an activating group) is 1. The molecule has 1 N–H and O–H groups in total. The summed E-state index contributed by atoms with van der Waals surface area (Å²) in [6, 6.07) is 6.19. The first kappa shape index (κ1) is 13.6. The van der Waals surface area contributed by atoms with Gasteiger partial charge in [-0.25, -0.2) is 0 Å². The number of rotatable bonds is 4. The first-order valence-electron chi connectivity index (χ1n) is 5.69. The molecule has 2 aromatic rings. The summed E-state index contributed by atoms with van der Waals surface area (Å²) in [4.78, 5) is 0. The predicted molar refractivity (Wildman–Crippen MR) is 77.9 cm³/mol. The topological polar surface area (TPSA) is 29.9 Å². The number of aryl methyl sites for hydroxylation is 1. The fourth-order valence-corrected chi connectivity index (χ4v) is 2.86.